The normalized spacial score (nSPS) is 47.0. The largest absolute Gasteiger partial charge is 0.426 e. The second-order valence-electron chi connectivity index (χ2n) is 8.77. The van der Waals surface area contributed by atoms with E-state index >= 15 is 0 Å². The van der Waals surface area contributed by atoms with E-state index in [0.29, 0.717) is 36.2 Å². The first kappa shape index (κ1) is 22.6. The van der Waals surface area contributed by atoms with Gasteiger partial charge in [0.2, 0.25) is 0 Å². The third kappa shape index (κ3) is 5.03. The van der Waals surface area contributed by atoms with Gasteiger partial charge in [0.25, 0.3) is 0 Å². The summed E-state index contributed by atoms with van der Waals surface area (Å²) >= 11 is 0. The van der Waals surface area contributed by atoms with Gasteiger partial charge in [0.1, 0.15) is 0 Å². The molecule has 11 atom stereocenters. The maximum absolute atomic E-state index is 6.30. The summed E-state index contributed by atoms with van der Waals surface area (Å²) in [7, 11) is 2.71. The fourth-order valence-electron chi connectivity index (χ4n) is 4.55. The summed E-state index contributed by atoms with van der Waals surface area (Å²) in [6, 6.07) is 0. The molecule has 2 rings (SSSR count). The van der Waals surface area contributed by atoms with E-state index < -0.39 is 0 Å². The average Bonchev–Trinajstić information content (AvgIpc) is 2.59. The van der Waals surface area contributed by atoms with Gasteiger partial charge in [-0.2, -0.15) is 0 Å². The van der Waals surface area contributed by atoms with E-state index in [1.807, 2.05) is 0 Å². The molecule has 2 aliphatic heterocycles. The van der Waals surface area contributed by atoms with Crippen LogP contribution >= 0.6 is 9.12 Å². The minimum Gasteiger partial charge on any atom is -0.426 e. The SMILES string of the molecule is CCC1O[C@@H](OCC2O[C@@H](C)C(OB(C)P)[C@@H](C)[C@@H]2C)C(C)[C@@H](C)[C@@H]1C. The van der Waals surface area contributed by atoms with Gasteiger partial charge < -0.3 is 18.9 Å². The molecule has 0 aromatic carbocycles. The molecular formula is C20H40BO4P. The maximum Gasteiger partial charge on any atom is 0.312 e. The maximum atomic E-state index is 6.30. The Morgan fingerprint density at radius 1 is 0.846 bits per heavy atom. The van der Waals surface area contributed by atoms with Crippen molar-refractivity contribution < 1.29 is 18.9 Å². The molecule has 6 heteroatoms. The lowest BCUT2D eigenvalue weighted by molar-refractivity contribution is -0.267. The fraction of sp³-hybridized carbons (Fsp3) is 1.00. The number of hydrogen-bond acceptors (Lipinski definition) is 4. The molecule has 0 N–H and O–H groups in total. The molecule has 0 aromatic rings. The molecule has 0 amide bonds. The highest BCUT2D eigenvalue weighted by atomic mass is 31.0. The summed E-state index contributed by atoms with van der Waals surface area (Å²) in [5, 5.41) is 0. The third-order valence-electron chi connectivity index (χ3n) is 6.97. The second-order valence-corrected chi connectivity index (χ2v) is 9.70. The van der Waals surface area contributed by atoms with Crippen molar-refractivity contribution in [3.8, 4) is 0 Å². The Bertz CT molecular complexity index is 436. The molecule has 26 heavy (non-hydrogen) atoms. The van der Waals surface area contributed by atoms with E-state index in [1.54, 1.807) is 0 Å². The zero-order valence-corrected chi connectivity index (χ0v) is 19.1. The van der Waals surface area contributed by atoms with Gasteiger partial charge in [0.15, 0.2) is 6.29 Å². The summed E-state index contributed by atoms with van der Waals surface area (Å²) in [6.45, 7) is 18.5. The van der Waals surface area contributed by atoms with Crippen LogP contribution in [0.4, 0.5) is 0 Å². The Hall–Kier alpha value is 0.335. The first-order chi connectivity index (χ1) is 12.2. The third-order valence-corrected chi connectivity index (χ3v) is 7.13. The summed E-state index contributed by atoms with van der Waals surface area (Å²) in [5.41, 5.74) is 0. The van der Waals surface area contributed by atoms with E-state index in [4.69, 9.17) is 18.9 Å². The van der Waals surface area contributed by atoms with Crippen molar-refractivity contribution in [2.75, 3.05) is 6.61 Å². The molecular weight excluding hydrogens is 346 g/mol. The Morgan fingerprint density at radius 2 is 1.46 bits per heavy atom. The lowest BCUT2D eigenvalue weighted by Crippen LogP contribution is -2.52. The van der Waals surface area contributed by atoms with Gasteiger partial charge in [-0.1, -0.05) is 48.4 Å². The molecule has 0 saturated carbocycles. The molecule has 2 aliphatic rings. The van der Waals surface area contributed by atoms with Gasteiger partial charge >= 0.3 is 6.64 Å². The molecule has 2 saturated heterocycles. The molecule has 2 heterocycles. The number of hydrogen-bond donors (Lipinski definition) is 0. The van der Waals surface area contributed by atoms with Gasteiger partial charge in [0.05, 0.1) is 31.0 Å². The Labute approximate surface area is 163 Å². The van der Waals surface area contributed by atoms with E-state index in [0.717, 1.165) is 6.42 Å². The average molecular weight is 386 g/mol. The standard InChI is InChI=1S/C20H40BO4P/c1-9-17-12(3)11(2)15(6)20(24-17)22-10-18-13(4)14(5)19(16(7)23-18)25-21(8)26/h11-20H,9-10,26H2,1-8H3/t11-,12-,13-,14-,15?,16-,17?,18?,19?,20+/m0/s1. The monoisotopic (exact) mass is 386 g/mol. The highest BCUT2D eigenvalue weighted by Crippen LogP contribution is 2.38. The zero-order chi connectivity index (χ0) is 19.6. The Balaban J connectivity index is 1.94. The topological polar surface area (TPSA) is 36.9 Å². The molecule has 152 valence electrons. The van der Waals surface area contributed by atoms with Crippen molar-refractivity contribution in [1.29, 1.82) is 0 Å². The summed E-state index contributed by atoms with van der Waals surface area (Å²) in [6.07, 6.45) is 1.48. The molecule has 2 fully saturated rings. The minimum absolute atomic E-state index is 0.0739. The lowest BCUT2D eigenvalue weighted by Gasteiger charge is -2.46. The van der Waals surface area contributed by atoms with Crippen molar-refractivity contribution >= 4 is 15.8 Å². The smallest absolute Gasteiger partial charge is 0.312 e. The van der Waals surface area contributed by atoms with Crippen LogP contribution < -0.4 is 0 Å². The molecule has 0 radical (unpaired) electrons. The number of ether oxygens (including phenoxy) is 3. The summed E-state index contributed by atoms with van der Waals surface area (Å²) in [4.78, 5) is 0. The molecule has 0 aromatic heterocycles. The van der Waals surface area contributed by atoms with Gasteiger partial charge in [-0.25, -0.2) is 0 Å². The molecule has 5 unspecified atom stereocenters. The van der Waals surface area contributed by atoms with Crippen LogP contribution in [-0.4, -0.2) is 43.9 Å². The van der Waals surface area contributed by atoms with Crippen molar-refractivity contribution in [2.24, 2.45) is 29.6 Å². The Morgan fingerprint density at radius 3 is 2.04 bits per heavy atom. The lowest BCUT2D eigenvalue weighted by atomic mass is 9.78. The highest BCUT2D eigenvalue weighted by Gasteiger charge is 2.43. The molecule has 4 nitrogen and oxygen atoms in total. The first-order valence-electron chi connectivity index (χ1n) is 10.5. The van der Waals surface area contributed by atoms with E-state index in [2.05, 4.69) is 64.4 Å². The number of rotatable bonds is 6. The van der Waals surface area contributed by atoms with E-state index in [-0.39, 0.29) is 37.3 Å². The van der Waals surface area contributed by atoms with Gasteiger partial charge in [-0.15, -0.1) is 9.12 Å². The summed E-state index contributed by atoms with van der Waals surface area (Å²) < 4.78 is 24.9. The molecule has 0 spiro atoms. The van der Waals surface area contributed by atoms with Gasteiger partial charge in [0, 0.05) is 5.92 Å². The van der Waals surface area contributed by atoms with Crippen molar-refractivity contribution in [3.63, 3.8) is 0 Å². The summed E-state index contributed by atoms with van der Waals surface area (Å²) in [5.74, 6) is 2.39. The van der Waals surface area contributed by atoms with Gasteiger partial charge in [-0.3, -0.25) is 0 Å². The Kier molecular flexibility index (Phi) is 8.44. The highest BCUT2D eigenvalue weighted by molar-refractivity contribution is 7.60. The zero-order valence-electron chi connectivity index (χ0n) is 18.0. The van der Waals surface area contributed by atoms with Crippen LogP contribution in [0.1, 0.15) is 54.9 Å². The van der Waals surface area contributed by atoms with Crippen LogP contribution in [0.5, 0.6) is 0 Å². The van der Waals surface area contributed by atoms with Crippen LogP contribution in [0.2, 0.25) is 6.82 Å². The van der Waals surface area contributed by atoms with Crippen LogP contribution in [0.25, 0.3) is 0 Å². The molecule has 0 aliphatic carbocycles. The fourth-order valence-corrected chi connectivity index (χ4v) is 4.73. The van der Waals surface area contributed by atoms with E-state index in [1.165, 1.54) is 0 Å². The van der Waals surface area contributed by atoms with Crippen molar-refractivity contribution in [3.05, 3.63) is 0 Å². The van der Waals surface area contributed by atoms with Gasteiger partial charge in [-0.05, 0) is 37.0 Å². The van der Waals surface area contributed by atoms with Crippen LogP contribution in [-0.2, 0) is 18.9 Å². The van der Waals surface area contributed by atoms with Crippen molar-refractivity contribution in [1.82, 2.24) is 0 Å². The predicted molar refractivity (Wildman–Crippen MR) is 111 cm³/mol. The van der Waals surface area contributed by atoms with Crippen LogP contribution in [0.15, 0.2) is 0 Å². The van der Waals surface area contributed by atoms with Crippen molar-refractivity contribution in [2.45, 2.75) is 92.4 Å². The first-order valence-corrected chi connectivity index (χ1v) is 11.2. The van der Waals surface area contributed by atoms with E-state index in [9.17, 15) is 0 Å². The van der Waals surface area contributed by atoms with Crippen LogP contribution in [0, 0.1) is 29.6 Å². The second kappa shape index (κ2) is 9.70. The molecule has 0 bridgehead atoms. The van der Waals surface area contributed by atoms with Crippen LogP contribution in [0.3, 0.4) is 0 Å². The predicted octanol–water partition coefficient (Wildman–Crippen LogP) is 4.48. The quantitative estimate of drug-likeness (QED) is 0.498. The minimum atomic E-state index is -0.131.